The van der Waals surface area contributed by atoms with Crippen LogP contribution in [0.25, 0.3) is 11.3 Å². The van der Waals surface area contributed by atoms with Gasteiger partial charge >= 0.3 is 0 Å². The first-order chi connectivity index (χ1) is 9.40. The molecule has 0 unspecified atom stereocenters. The largest absolute Gasteiger partial charge is 0.506 e. The summed E-state index contributed by atoms with van der Waals surface area (Å²) in [5, 5.41) is 9.31. The Morgan fingerprint density at radius 2 is 2.05 bits per heavy atom. The molecule has 0 saturated carbocycles. The molecule has 0 atom stereocenters. The number of amides is 1. The molecule has 1 amide bonds. The van der Waals surface area contributed by atoms with Crippen molar-refractivity contribution >= 4 is 17.5 Å². The molecule has 104 valence electrons. The summed E-state index contributed by atoms with van der Waals surface area (Å²) in [5.41, 5.74) is 0.321. The van der Waals surface area contributed by atoms with E-state index in [0.717, 1.165) is 6.07 Å². The van der Waals surface area contributed by atoms with E-state index in [1.165, 1.54) is 23.4 Å². The third-order valence-corrected chi connectivity index (χ3v) is 2.88. The summed E-state index contributed by atoms with van der Waals surface area (Å²) in [6, 6.07) is 2.12. The van der Waals surface area contributed by atoms with Gasteiger partial charge < -0.3 is 10.0 Å². The van der Waals surface area contributed by atoms with Crippen LogP contribution in [0.15, 0.2) is 24.5 Å². The zero-order chi connectivity index (χ0) is 14.9. The highest BCUT2D eigenvalue weighted by Crippen LogP contribution is 2.31. The Morgan fingerprint density at radius 3 is 2.70 bits per heavy atom. The summed E-state index contributed by atoms with van der Waals surface area (Å²) in [7, 11) is 3.16. The summed E-state index contributed by atoms with van der Waals surface area (Å²) >= 11 is 5.75. The summed E-state index contributed by atoms with van der Waals surface area (Å²) in [6.45, 7) is 0. The van der Waals surface area contributed by atoms with Gasteiger partial charge in [0.2, 0.25) is 0 Å². The van der Waals surface area contributed by atoms with Crippen LogP contribution in [0, 0.1) is 5.82 Å². The second-order valence-electron chi connectivity index (χ2n) is 4.27. The highest BCUT2D eigenvalue weighted by Gasteiger charge is 2.15. The van der Waals surface area contributed by atoms with Gasteiger partial charge in [0.15, 0.2) is 0 Å². The number of aromatic hydroxyl groups is 1. The van der Waals surface area contributed by atoms with Gasteiger partial charge in [-0.2, -0.15) is 0 Å². The monoisotopic (exact) mass is 295 g/mol. The topological polar surface area (TPSA) is 66.3 Å². The van der Waals surface area contributed by atoms with E-state index in [2.05, 4.69) is 9.97 Å². The molecule has 1 aromatic carbocycles. The predicted molar refractivity (Wildman–Crippen MR) is 72.1 cm³/mol. The number of benzene rings is 1. The fraction of sp³-hybridized carbons (Fsp3) is 0.154. The number of aromatic nitrogens is 2. The molecule has 1 N–H and O–H groups in total. The lowest BCUT2D eigenvalue weighted by Crippen LogP contribution is -2.23. The number of hydrogen-bond acceptors (Lipinski definition) is 4. The van der Waals surface area contributed by atoms with Gasteiger partial charge in [-0.3, -0.25) is 9.78 Å². The number of rotatable bonds is 2. The maximum Gasteiger partial charge on any atom is 0.273 e. The van der Waals surface area contributed by atoms with Crippen molar-refractivity contribution in [2.24, 2.45) is 0 Å². The smallest absolute Gasteiger partial charge is 0.273 e. The van der Waals surface area contributed by atoms with Crippen LogP contribution < -0.4 is 0 Å². The van der Waals surface area contributed by atoms with Crippen molar-refractivity contribution in [3.63, 3.8) is 0 Å². The molecule has 5 nitrogen and oxygen atoms in total. The molecule has 2 aromatic rings. The number of hydrogen-bond donors (Lipinski definition) is 1. The highest BCUT2D eigenvalue weighted by molar-refractivity contribution is 6.32. The van der Waals surface area contributed by atoms with Crippen molar-refractivity contribution in [1.82, 2.24) is 14.9 Å². The molecule has 7 heteroatoms. The molecular formula is C13H11ClFN3O2. The highest BCUT2D eigenvalue weighted by atomic mass is 35.5. The average molecular weight is 296 g/mol. The fourth-order valence-corrected chi connectivity index (χ4v) is 1.72. The standard InChI is InChI=1S/C13H11ClFN3O2/c1-18(2)13(20)11-6-16-5-10(17-11)7-3-8(14)12(19)4-9(7)15/h3-6,19H,1-2H3. The van der Waals surface area contributed by atoms with E-state index >= 15 is 0 Å². The molecular weight excluding hydrogens is 285 g/mol. The van der Waals surface area contributed by atoms with E-state index in [0.29, 0.717) is 0 Å². The Hall–Kier alpha value is -2.21. The van der Waals surface area contributed by atoms with Crippen molar-refractivity contribution in [2.45, 2.75) is 0 Å². The van der Waals surface area contributed by atoms with Crippen LogP contribution in [-0.4, -0.2) is 40.0 Å². The van der Waals surface area contributed by atoms with Crippen molar-refractivity contribution < 1.29 is 14.3 Å². The van der Waals surface area contributed by atoms with Crippen LogP contribution in [0.3, 0.4) is 0 Å². The van der Waals surface area contributed by atoms with Gasteiger partial charge in [-0.25, -0.2) is 9.37 Å². The van der Waals surface area contributed by atoms with E-state index in [1.54, 1.807) is 14.1 Å². The Kier molecular flexibility index (Phi) is 3.85. The lowest BCUT2D eigenvalue weighted by molar-refractivity contribution is 0.0821. The molecule has 0 radical (unpaired) electrons. The van der Waals surface area contributed by atoms with Crippen LogP contribution in [0.4, 0.5) is 4.39 Å². The SMILES string of the molecule is CN(C)C(=O)c1cncc(-c2cc(Cl)c(O)cc2F)n1. The number of phenolic OH excluding ortho intramolecular Hbond substituents is 1. The molecule has 0 bridgehead atoms. The van der Waals surface area contributed by atoms with Gasteiger partial charge in [-0.15, -0.1) is 0 Å². The van der Waals surface area contributed by atoms with Crippen molar-refractivity contribution in [1.29, 1.82) is 0 Å². The molecule has 0 fully saturated rings. The first-order valence-corrected chi connectivity index (χ1v) is 6.00. The van der Waals surface area contributed by atoms with Gasteiger partial charge in [0.1, 0.15) is 17.3 Å². The zero-order valence-electron chi connectivity index (χ0n) is 10.8. The van der Waals surface area contributed by atoms with Crippen molar-refractivity contribution in [2.75, 3.05) is 14.1 Å². The number of phenols is 1. The lowest BCUT2D eigenvalue weighted by atomic mass is 10.1. The van der Waals surface area contributed by atoms with Crippen LogP contribution in [0.2, 0.25) is 5.02 Å². The number of carbonyl (C=O) groups excluding carboxylic acids is 1. The van der Waals surface area contributed by atoms with Crippen molar-refractivity contribution in [3.05, 3.63) is 41.1 Å². The molecule has 0 aliphatic heterocycles. The number of nitrogens with zero attached hydrogens (tertiary/aromatic N) is 3. The molecule has 0 saturated heterocycles. The summed E-state index contributed by atoms with van der Waals surface area (Å²) in [4.78, 5) is 21.1. The zero-order valence-corrected chi connectivity index (χ0v) is 11.5. The minimum atomic E-state index is -0.698. The predicted octanol–water partition coefficient (Wildman–Crippen LogP) is 2.34. The number of carbonyl (C=O) groups is 1. The second-order valence-corrected chi connectivity index (χ2v) is 4.68. The Labute approximate surface area is 119 Å². The van der Waals surface area contributed by atoms with Crippen LogP contribution in [0.5, 0.6) is 5.75 Å². The molecule has 1 heterocycles. The van der Waals surface area contributed by atoms with Crippen LogP contribution >= 0.6 is 11.6 Å². The van der Waals surface area contributed by atoms with Crippen LogP contribution in [-0.2, 0) is 0 Å². The third-order valence-electron chi connectivity index (χ3n) is 2.57. The minimum Gasteiger partial charge on any atom is -0.506 e. The molecule has 20 heavy (non-hydrogen) atoms. The van der Waals surface area contributed by atoms with Gasteiger partial charge in [-0.1, -0.05) is 11.6 Å². The van der Waals surface area contributed by atoms with Gasteiger partial charge in [0, 0.05) is 25.7 Å². The molecule has 1 aromatic heterocycles. The Balaban J connectivity index is 2.52. The van der Waals surface area contributed by atoms with E-state index in [9.17, 15) is 14.3 Å². The van der Waals surface area contributed by atoms with E-state index < -0.39 is 5.82 Å². The maximum absolute atomic E-state index is 13.8. The summed E-state index contributed by atoms with van der Waals surface area (Å²) in [6.07, 6.45) is 2.62. The fourth-order valence-electron chi connectivity index (χ4n) is 1.56. The third kappa shape index (κ3) is 2.70. The first kappa shape index (κ1) is 14.2. The Bertz CT molecular complexity index is 677. The van der Waals surface area contributed by atoms with Gasteiger partial charge in [0.05, 0.1) is 23.1 Å². The van der Waals surface area contributed by atoms with Gasteiger partial charge in [-0.05, 0) is 6.07 Å². The van der Waals surface area contributed by atoms with E-state index in [1.807, 2.05) is 0 Å². The average Bonchev–Trinajstić information content (AvgIpc) is 2.42. The van der Waals surface area contributed by atoms with Crippen LogP contribution in [0.1, 0.15) is 10.5 Å². The normalized spacial score (nSPS) is 10.4. The number of halogens is 2. The minimum absolute atomic E-state index is 0.00691. The van der Waals surface area contributed by atoms with Crippen molar-refractivity contribution in [3.8, 4) is 17.0 Å². The molecule has 0 aliphatic rings. The summed E-state index contributed by atoms with van der Waals surface area (Å²) in [5.74, 6) is -1.40. The lowest BCUT2D eigenvalue weighted by Gasteiger charge is -2.10. The van der Waals surface area contributed by atoms with E-state index in [-0.39, 0.29) is 33.6 Å². The van der Waals surface area contributed by atoms with E-state index in [4.69, 9.17) is 11.6 Å². The first-order valence-electron chi connectivity index (χ1n) is 5.62. The molecule has 0 aliphatic carbocycles. The molecule has 2 rings (SSSR count). The quantitative estimate of drug-likeness (QED) is 0.923. The Morgan fingerprint density at radius 1 is 1.35 bits per heavy atom. The molecule has 0 spiro atoms. The van der Waals surface area contributed by atoms with Gasteiger partial charge in [0.25, 0.3) is 5.91 Å². The second kappa shape index (κ2) is 5.42. The maximum atomic E-state index is 13.8. The summed E-state index contributed by atoms with van der Waals surface area (Å²) < 4.78 is 13.8.